The second-order valence-electron chi connectivity index (χ2n) is 5.20. The van der Waals surface area contributed by atoms with E-state index in [2.05, 4.69) is 42.2 Å². The number of hydrogen-bond donors (Lipinski definition) is 1. The van der Waals surface area contributed by atoms with Gasteiger partial charge in [-0.2, -0.15) is 0 Å². The first kappa shape index (κ1) is 18.1. The summed E-state index contributed by atoms with van der Waals surface area (Å²) in [5.74, 6) is 0.363. The molecule has 0 saturated heterocycles. The van der Waals surface area contributed by atoms with Crippen LogP contribution in [0.3, 0.4) is 0 Å². The maximum Gasteiger partial charge on any atom is 0.264 e. The Hall–Kier alpha value is -1.70. The van der Waals surface area contributed by atoms with Crippen molar-refractivity contribution in [3.8, 4) is 17.0 Å². The maximum absolute atomic E-state index is 12.1. The number of carbonyl (C=O) groups excluding carboxylic acids is 1. The van der Waals surface area contributed by atoms with E-state index >= 15 is 0 Å². The zero-order chi connectivity index (χ0) is 17.8. The molecule has 25 heavy (non-hydrogen) atoms. The summed E-state index contributed by atoms with van der Waals surface area (Å²) in [7, 11) is 0. The number of amides is 1. The maximum atomic E-state index is 12.1. The fourth-order valence-corrected chi connectivity index (χ4v) is 4.22. The summed E-state index contributed by atoms with van der Waals surface area (Å²) in [5.41, 5.74) is 1.92. The molecule has 128 valence electrons. The summed E-state index contributed by atoms with van der Waals surface area (Å²) < 4.78 is 7.26. The van der Waals surface area contributed by atoms with Crippen LogP contribution in [0.4, 0.5) is 5.13 Å². The van der Waals surface area contributed by atoms with E-state index in [1.165, 1.54) is 11.3 Å². The third kappa shape index (κ3) is 4.68. The summed E-state index contributed by atoms with van der Waals surface area (Å²) in [6.45, 7) is 1.91. The molecule has 3 rings (SSSR count). The molecule has 0 aliphatic carbocycles. The Labute approximate surface area is 166 Å². The quantitative estimate of drug-likeness (QED) is 0.511. The molecule has 0 atom stereocenters. The normalized spacial score (nSPS) is 10.5. The van der Waals surface area contributed by atoms with Gasteiger partial charge in [-0.1, -0.05) is 46.3 Å². The molecule has 4 nitrogen and oxygen atoms in total. The number of aromatic nitrogens is 1. The third-order valence-corrected chi connectivity index (χ3v) is 5.34. The minimum Gasteiger partial charge on any atom is -0.483 e. The fraction of sp³-hybridized carbons (Fsp3) is 0.111. The van der Waals surface area contributed by atoms with Gasteiger partial charge in [-0.05, 0) is 41.1 Å². The highest BCUT2D eigenvalue weighted by Crippen LogP contribution is 2.30. The van der Waals surface area contributed by atoms with Crippen molar-refractivity contribution in [2.24, 2.45) is 0 Å². The number of ether oxygens (including phenoxy) is 1. The smallest absolute Gasteiger partial charge is 0.264 e. The second-order valence-corrected chi connectivity index (χ2v) is 8.17. The van der Waals surface area contributed by atoms with Crippen molar-refractivity contribution in [1.29, 1.82) is 0 Å². The molecule has 3 aromatic rings. The minimum absolute atomic E-state index is 0.0838. The Kier molecular flexibility index (Phi) is 5.88. The average molecular weight is 482 g/mol. The minimum atomic E-state index is -0.247. The van der Waals surface area contributed by atoms with E-state index in [9.17, 15) is 4.79 Å². The lowest BCUT2D eigenvalue weighted by molar-refractivity contribution is -0.118. The van der Waals surface area contributed by atoms with Crippen molar-refractivity contribution in [2.45, 2.75) is 6.92 Å². The number of anilines is 1. The zero-order valence-electron chi connectivity index (χ0n) is 13.3. The molecule has 0 saturated carbocycles. The first-order chi connectivity index (χ1) is 12.0. The Morgan fingerprint density at radius 3 is 2.68 bits per heavy atom. The molecule has 2 aromatic carbocycles. The Morgan fingerprint density at radius 2 is 1.96 bits per heavy atom. The van der Waals surface area contributed by atoms with Crippen molar-refractivity contribution >= 4 is 54.2 Å². The van der Waals surface area contributed by atoms with Crippen LogP contribution in [-0.2, 0) is 4.79 Å². The highest BCUT2D eigenvalue weighted by atomic mass is 79.9. The molecule has 0 aliphatic rings. The summed E-state index contributed by atoms with van der Waals surface area (Å²) in [5, 5.41) is 3.36. The van der Waals surface area contributed by atoms with Gasteiger partial charge in [-0.3, -0.25) is 10.1 Å². The third-order valence-electron chi connectivity index (χ3n) is 3.34. The number of carbonyl (C=O) groups is 1. The first-order valence-electron chi connectivity index (χ1n) is 7.43. The molecule has 1 amide bonds. The topological polar surface area (TPSA) is 51.2 Å². The van der Waals surface area contributed by atoms with E-state index in [4.69, 9.17) is 4.74 Å². The highest BCUT2D eigenvalue weighted by molar-refractivity contribution is 9.11. The molecule has 0 spiro atoms. The molecule has 0 aliphatic heterocycles. The highest BCUT2D eigenvalue weighted by Gasteiger charge is 2.13. The number of thiazole rings is 1. The number of aryl methyl sites for hydroxylation is 1. The number of hydrogen-bond acceptors (Lipinski definition) is 4. The molecular formula is C18H14Br2N2O2S. The van der Waals surface area contributed by atoms with Gasteiger partial charge in [0.2, 0.25) is 0 Å². The van der Waals surface area contributed by atoms with E-state index in [1.54, 1.807) is 6.07 Å². The van der Waals surface area contributed by atoms with Crippen LogP contribution in [0, 0.1) is 6.92 Å². The first-order valence-corrected chi connectivity index (χ1v) is 9.84. The van der Waals surface area contributed by atoms with E-state index in [-0.39, 0.29) is 12.5 Å². The number of rotatable bonds is 5. The van der Waals surface area contributed by atoms with Gasteiger partial charge >= 0.3 is 0 Å². The largest absolute Gasteiger partial charge is 0.483 e. The van der Waals surface area contributed by atoms with Crippen LogP contribution in [0.1, 0.15) is 4.88 Å². The lowest BCUT2D eigenvalue weighted by Crippen LogP contribution is -2.20. The number of halogens is 2. The SMILES string of the molecule is Cc1sc(NC(=O)COc2ccc(Br)cc2Br)nc1-c1ccccc1. The summed E-state index contributed by atoms with van der Waals surface area (Å²) in [6.07, 6.45) is 0. The van der Waals surface area contributed by atoms with Crippen LogP contribution in [0.15, 0.2) is 57.5 Å². The van der Waals surface area contributed by atoms with Crippen LogP contribution in [0.25, 0.3) is 11.3 Å². The molecular weight excluding hydrogens is 468 g/mol. The van der Waals surface area contributed by atoms with Gasteiger partial charge in [0.15, 0.2) is 11.7 Å². The summed E-state index contributed by atoms with van der Waals surface area (Å²) in [6, 6.07) is 15.4. The van der Waals surface area contributed by atoms with E-state index in [0.29, 0.717) is 10.9 Å². The van der Waals surface area contributed by atoms with Crippen LogP contribution in [-0.4, -0.2) is 17.5 Å². The van der Waals surface area contributed by atoms with Crippen LogP contribution >= 0.6 is 43.2 Å². The van der Waals surface area contributed by atoms with E-state index < -0.39 is 0 Å². The van der Waals surface area contributed by atoms with Crippen LogP contribution < -0.4 is 10.1 Å². The van der Waals surface area contributed by atoms with Gasteiger partial charge in [-0.15, -0.1) is 11.3 Å². The van der Waals surface area contributed by atoms with Gasteiger partial charge < -0.3 is 4.74 Å². The monoisotopic (exact) mass is 480 g/mol. The molecule has 1 aromatic heterocycles. The Bertz CT molecular complexity index is 897. The Morgan fingerprint density at radius 1 is 1.20 bits per heavy atom. The predicted octanol–water partition coefficient (Wildman–Crippen LogP) is 5.66. The standard InChI is InChI=1S/C18H14Br2N2O2S/c1-11-17(12-5-3-2-4-6-12)22-18(25-11)21-16(23)10-24-15-8-7-13(19)9-14(15)20/h2-9H,10H2,1H3,(H,21,22,23). The Balaban J connectivity index is 1.63. The number of nitrogens with zero attached hydrogens (tertiary/aromatic N) is 1. The molecule has 0 bridgehead atoms. The van der Waals surface area contributed by atoms with Gasteiger partial charge in [0.25, 0.3) is 5.91 Å². The molecule has 1 N–H and O–H groups in total. The van der Waals surface area contributed by atoms with Gasteiger partial charge in [-0.25, -0.2) is 4.98 Å². The predicted molar refractivity (Wildman–Crippen MR) is 108 cm³/mol. The second kappa shape index (κ2) is 8.12. The van der Waals surface area contributed by atoms with Gasteiger partial charge in [0.05, 0.1) is 10.2 Å². The fourth-order valence-electron chi connectivity index (χ4n) is 2.20. The van der Waals surface area contributed by atoms with Crippen LogP contribution in [0.2, 0.25) is 0 Å². The van der Waals surface area contributed by atoms with Crippen molar-refractivity contribution in [2.75, 3.05) is 11.9 Å². The van der Waals surface area contributed by atoms with Crippen molar-refractivity contribution in [3.05, 3.63) is 62.4 Å². The molecule has 7 heteroatoms. The van der Waals surface area contributed by atoms with Gasteiger partial charge in [0.1, 0.15) is 5.75 Å². The zero-order valence-corrected chi connectivity index (χ0v) is 17.2. The molecule has 0 radical (unpaired) electrons. The number of benzene rings is 2. The summed E-state index contributed by atoms with van der Waals surface area (Å²) >= 11 is 8.23. The van der Waals surface area contributed by atoms with Gasteiger partial charge in [0, 0.05) is 14.9 Å². The average Bonchev–Trinajstić information content (AvgIpc) is 2.95. The van der Waals surface area contributed by atoms with E-state index in [1.807, 2.05) is 49.4 Å². The lowest BCUT2D eigenvalue weighted by atomic mass is 10.1. The van der Waals surface area contributed by atoms with Crippen LogP contribution in [0.5, 0.6) is 5.75 Å². The van der Waals surface area contributed by atoms with E-state index in [0.717, 1.165) is 25.1 Å². The summed E-state index contributed by atoms with van der Waals surface area (Å²) in [4.78, 5) is 17.7. The lowest BCUT2D eigenvalue weighted by Gasteiger charge is -2.08. The molecule has 0 fully saturated rings. The molecule has 0 unspecified atom stereocenters. The van der Waals surface area contributed by atoms with Crippen molar-refractivity contribution < 1.29 is 9.53 Å². The molecule has 1 heterocycles. The van der Waals surface area contributed by atoms with Crippen molar-refractivity contribution in [1.82, 2.24) is 4.98 Å². The van der Waals surface area contributed by atoms with Crippen molar-refractivity contribution in [3.63, 3.8) is 0 Å². The number of nitrogens with one attached hydrogen (secondary N) is 1.